The summed E-state index contributed by atoms with van der Waals surface area (Å²) in [4.78, 5) is 13.6. The first kappa shape index (κ1) is 13.9. The topological polar surface area (TPSA) is 32.3 Å². The highest BCUT2D eigenvalue weighted by Crippen LogP contribution is 2.40. The Hall–Kier alpha value is -0.570. The van der Waals surface area contributed by atoms with E-state index in [0.29, 0.717) is 23.4 Å². The Balaban J connectivity index is 1.81. The van der Waals surface area contributed by atoms with Gasteiger partial charge >= 0.3 is 0 Å². The van der Waals surface area contributed by atoms with Gasteiger partial charge in [-0.05, 0) is 37.5 Å². The Labute approximate surface area is 111 Å². The van der Waals surface area contributed by atoms with Gasteiger partial charge in [0, 0.05) is 31.6 Å². The zero-order chi connectivity index (χ0) is 13.3. The maximum Gasteiger partial charge on any atom is 0.222 e. The molecule has 1 aliphatic carbocycles. The molecular weight excluding hydrogens is 224 g/mol. The van der Waals surface area contributed by atoms with Crippen molar-refractivity contribution in [3.8, 4) is 0 Å². The Kier molecular flexibility index (Phi) is 4.00. The molecule has 1 amide bonds. The van der Waals surface area contributed by atoms with Gasteiger partial charge in [0.05, 0.1) is 0 Å². The van der Waals surface area contributed by atoms with Crippen LogP contribution in [-0.4, -0.2) is 36.0 Å². The van der Waals surface area contributed by atoms with Crippen molar-refractivity contribution in [1.82, 2.24) is 10.2 Å². The second kappa shape index (κ2) is 5.20. The lowest BCUT2D eigenvalue weighted by molar-refractivity contribution is -0.128. The van der Waals surface area contributed by atoms with Gasteiger partial charge in [-0.3, -0.25) is 4.79 Å². The molecule has 0 spiro atoms. The number of carbonyl (C=O) groups is 1. The van der Waals surface area contributed by atoms with E-state index in [0.717, 1.165) is 31.8 Å². The first-order chi connectivity index (χ1) is 8.37. The predicted molar refractivity (Wildman–Crippen MR) is 74.4 cm³/mol. The molecule has 1 saturated heterocycles. The fourth-order valence-corrected chi connectivity index (χ4v) is 3.76. The molecule has 0 aromatic rings. The van der Waals surface area contributed by atoms with Crippen molar-refractivity contribution in [3.63, 3.8) is 0 Å². The Morgan fingerprint density at radius 1 is 1.44 bits per heavy atom. The van der Waals surface area contributed by atoms with E-state index in [1.807, 2.05) is 4.90 Å². The molecule has 1 saturated carbocycles. The third-order valence-corrected chi connectivity index (χ3v) is 4.50. The Bertz CT molecular complexity index is 314. The number of hydrogen-bond acceptors (Lipinski definition) is 2. The molecule has 2 rings (SSSR count). The molecular formula is C15H28N2O. The number of nitrogens with one attached hydrogen (secondary N) is 1. The molecule has 1 heterocycles. The lowest BCUT2D eigenvalue weighted by Crippen LogP contribution is -2.45. The summed E-state index contributed by atoms with van der Waals surface area (Å²) in [6, 6.07) is 1.03. The van der Waals surface area contributed by atoms with Crippen LogP contribution in [0.3, 0.4) is 0 Å². The molecule has 3 heteroatoms. The minimum atomic E-state index is 0.337. The molecule has 0 radical (unpaired) electrons. The van der Waals surface area contributed by atoms with Gasteiger partial charge in [-0.2, -0.15) is 0 Å². The minimum absolute atomic E-state index is 0.337. The molecule has 1 aliphatic heterocycles. The summed E-state index contributed by atoms with van der Waals surface area (Å²) < 4.78 is 0. The van der Waals surface area contributed by atoms with Gasteiger partial charge in [0.15, 0.2) is 0 Å². The molecule has 0 bridgehead atoms. The highest BCUT2D eigenvalue weighted by molar-refractivity contribution is 5.78. The van der Waals surface area contributed by atoms with Gasteiger partial charge in [-0.25, -0.2) is 0 Å². The number of hydrogen-bond donors (Lipinski definition) is 1. The van der Waals surface area contributed by atoms with Crippen LogP contribution in [0.4, 0.5) is 0 Å². The second-order valence-corrected chi connectivity index (χ2v) is 7.17. The average molecular weight is 252 g/mol. The zero-order valence-electron chi connectivity index (χ0n) is 12.3. The van der Waals surface area contributed by atoms with E-state index in [-0.39, 0.29) is 0 Å². The van der Waals surface area contributed by atoms with Gasteiger partial charge in [0.25, 0.3) is 0 Å². The van der Waals surface area contributed by atoms with Gasteiger partial charge < -0.3 is 10.2 Å². The van der Waals surface area contributed by atoms with Crippen molar-refractivity contribution in [2.45, 2.75) is 65.5 Å². The van der Waals surface area contributed by atoms with Crippen LogP contribution in [0, 0.1) is 11.3 Å². The standard InChI is InChI=1S/C15H28N2O/c1-11-8-15(3,4)9-13(11)16-12(2)10-17-7-5-6-14(17)18/h11-13,16H,5-10H2,1-4H3. The maximum atomic E-state index is 11.6. The zero-order valence-corrected chi connectivity index (χ0v) is 12.3. The first-order valence-electron chi connectivity index (χ1n) is 7.41. The van der Waals surface area contributed by atoms with E-state index in [2.05, 4.69) is 33.0 Å². The largest absolute Gasteiger partial charge is 0.341 e. The molecule has 104 valence electrons. The van der Waals surface area contributed by atoms with E-state index in [9.17, 15) is 4.79 Å². The van der Waals surface area contributed by atoms with Crippen LogP contribution < -0.4 is 5.32 Å². The summed E-state index contributed by atoms with van der Waals surface area (Å²) in [5, 5.41) is 3.74. The summed E-state index contributed by atoms with van der Waals surface area (Å²) in [6.07, 6.45) is 4.35. The first-order valence-corrected chi connectivity index (χ1v) is 7.41. The number of amides is 1. The lowest BCUT2D eigenvalue weighted by atomic mass is 9.91. The number of nitrogens with zero attached hydrogens (tertiary/aromatic N) is 1. The second-order valence-electron chi connectivity index (χ2n) is 7.17. The lowest BCUT2D eigenvalue weighted by Gasteiger charge is -2.27. The minimum Gasteiger partial charge on any atom is -0.341 e. The van der Waals surface area contributed by atoms with Crippen LogP contribution >= 0.6 is 0 Å². The Morgan fingerprint density at radius 2 is 2.17 bits per heavy atom. The van der Waals surface area contributed by atoms with Crippen molar-refractivity contribution in [1.29, 1.82) is 0 Å². The number of likely N-dealkylation sites (tertiary alicyclic amines) is 1. The number of rotatable bonds is 4. The summed E-state index contributed by atoms with van der Waals surface area (Å²) in [5.74, 6) is 1.08. The molecule has 0 aromatic carbocycles. The molecule has 3 unspecified atom stereocenters. The molecule has 3 atom stereocenters. The Morgan fingerprint density at radius 3 is 2.67 bits per heavy atom. The quantitative estimate of drug-likeness (QED) is 0.833. The van der Waals surface area contributed by atoms with Gasteiger partial charge in [0.2, 0.25) is 5.91 Å². The van der Waals surface area contributed by atoms with Crippen LogP contribution in [0.2, 0.25) is 0 Å². The third kappa shape index (κ3) is 3.25. The molecule has 18 heavy (non-hydrogen) atoms. The van der Waals surface area contributed by atoms with Crippen LogP contribution in [0.1, 0.15) is 53.4 Å². The van der Waals surface area contributed by atoms with E-state index in [4.69, 9.17) is 0 Å². The summed E-state index contributed by atoms with van der Waals surface area (Å²) in [6.45, 7) is 11.1. The molecule has 2 fully saturated rings. The SMILES string of the molecule is CC(CN1CCCC1=O)NC1CC(C)(C)CC1C. The average Bonchev–Trinajstić information content (AvgIpc) is 2.72. The van der Waals surface area contributed by atoms with E-state index >= 15 is 0 Å². The van der Waals surface area contributed by atoms with Crippen molar-refractivity contribution in [3.05, 3.63) is 0 Å². The molecule has 2 aliphatic rings. The van der Waals surface area contributed by atoms with Crippen LogP contribution in [0.5, 0.6) is 0 Å². The predicted octanol–water partition coefficient (Wildman–Crippen LogP) is 2.41. The van der Waals surface area contributed by atoms with E-state index in [1.165, 1.54) is 12.8 Å². The summed E-state index contributed by atoms with van der Waals surface area (Å²) in [5.41, 5.74) is 0.472. The van der Waals surface area contributed by atoms with Crippen molar-refractivity contribution >= 4 is 5.91 Å². The maximum absolute atomic E-state index is 11.6. The highest BCUT2D eigenvalue weighted by Gasteiger charge is 2.37. The van der Waals surface area contributed by atoms with Gasteiger partial charge in [-0.1, -0.05) is 20.8 Å². The highest BCUT2D eigenvalue weighted by atomic mass is 16.2. The normalized spacial score (nSPS) is 33.1. The van der Waals surface area contributed by atoms with Gasteiger partial charge in [-0.15, -0.1) is 0 Å². The van der Waals surface area contributed by atoms with Gasteiger partial charge in [0.1, 0.15) is 0 Å². The molecule has 0 aromatic heterocycles. The fourth-order valence-electron chi connectivity index (χ4n) is 3.76. The van der Waals surface area contributed by atoms with Crippen LogP contribution in [0.15, 0.2) is 0 Å². The molecule has 1 N–H and O–H groups in total. The summed E-state index contributed by atoms with van der Waals surface area (Å²) in [7, 11) is 0. The summed E-state index contributed by atoms with van der Waals surface area (Å²) >= 11 is 0. The molecule has 3 nitrogen and oxygen atoms in total. The van der Waals surface area contributed by atoms with Crippen molar-refractivity contribution in [2.24, 2.45) is 11.3 Å². The van der Waals surface area contributed by atoms with E-state index < -0.39 is 0 Å². The smallest absolute Gasteiger partial charge is 0.222 e. The van der Waals surface area contributed by atoms with Crippen LogP contribution in [-0.2, 0) is 4.79 Å². The van der Waals surface area contributed by atoms with Crippen LogP contribution in [0.25, 0.3) is 0 Å². The van der Waals surface area contributed by atoms with E-state index in [1.54, 1.807) is 0 Å². The monoisotopic (exact) mass is 252 g/mol. The fraction of sp³-hybridized carbons (Fsp3) is 0.933. The van der Waals surface area contributed by atoms with Crippen molar-refractivity contribution in [2.75, 3.05) is 13.1 Å². The van der Waals surface area contributed by atoms with Crippen molar-refractivity contribution < 1.29 is 4.79 Å². The number of carbonyl (C=O) groups excluding carboxylic acids is 1. The third-order valence-electron chi connectivity index (χ3n) is 4.50.